The fraction of sp³-hybridized carbons (Fsp3) is 0.400. The number of phenolic OH excluding ortho intramolecular Hbond substituents is 1. The van der Waals surface area contributed by atoms with Crippen LogP contribution in [0.1, 0.15) is 17.2 Å². The summed E-state index contributed by atoms with van der Waals surface area (Å²) >= 11 is 0. The molecule has 0 amide bonds. The second-order valence-electron chi connectivity index (χ2n) is 3.26. The number of hydrogen-bond donors (Lipinski definition) is 4. The van der Waals surface area contributed by atoms with E-state index in [1.165, 1.54) is 6.07 Å². The average Bonchev–Trinajstić information content (AvgIpc) is 2.16. The third-order valence-electron chi connectivity index (χ3n) is 2.20. The topological polar surface area (TPSA) is 86.7 Å². The summed E-state index contributed by atoms with van der Waals surface area (Å²) in [6, 6.07) is 4.89. The van der Waals surface area contributed by atoms with Gasteiger partial charge in [-0.25, -0.2) is 0 Å². The van der Waals surface area contributed by atoms with E-state index < -0.39 is 12.2 Å². The van der Waals surface area contributed by atoms with E-state index in [-0.39, 0.29) is 12.3 Å². The highest BCUT2D eigenvalue weighted by Crippen LogP contribution is 2.29. The minimum Gasteiger partial charge on any atom is -0.508 e. The van der Waals surface area contributed by atoms with Gasteiger partial charge in [0, 0.05) is 12.1 Å². The first-order chi connectivity index (χ1) is 6.57. The van der Waals surface area contributed by atoms with Crippen molar-refractivity contribution in [3.63, 3.8) is 0 Å². The van der Waals surface area contributed by atoms with Crippen molar-refractivity contribution in [1.29, 1.82) is 0 Å². The van der Waals surface area contributed by atoms with Crippen LogP contribution in [0.5, 0.6) is 5.75 Å². The monoisotopic (exact) mass is 197 g/mol. The molecule has 0 heterocycles. The standard InChI is InChI=1S/C10H15NO3/c1-6-3-2-4-7(12)9(6)10(14)8(13)5-11/h2-4,8,10,12-14H,5,11H2,1H3. The van der Waals surface area contributed by atoms with Crippen molar-refractivity contribution in [3.8, 4) is 5.75 Å². The van der Waals surface area contributed by atoms with Gasteiger partial charge in [0.25, 0.3) is 0 Å². The number of rotatable bonds is 3. The maximum Gasteiger partial charge on any atom is 0.121 e. The number of hydrogen-bond acceptors (Lipinski definition) is 4. The zero-order valence-corrected chi connectivity index (χ0v) is 8.01. The fourth-order valence-electron chi connectivity index (χ4n) is 1.37. The van der Waals surface area contributed by atoms with Gasteiger partial charge in [-0.2, -0.15) is 0 Å². The lowest BCUT2D eigenvalue weighted by atomic mass is 9.98. The van der Waals surface area contributed by atoms with E-state index >= 15 is 0 Å². The number of aliphatic hydroxyl groups is 2. The van der Waals surface area contributed by atoms with E-state index in [1.807, 2.05) is 0 Å². The van der Waals surface area contributed by atoms with Crippen molar-refractivity contribution in [1.82, 2.24) is 0 Å². The summed E-state index contributed by atoms with van der Waals surface area (Å²) in [4.78, 5) is 0. The lowest BCUT2D eigenvalue weighted by Gasteiger charge is -2.19. The minimum absolute atomic E-state index is 0.0231. The Kier molecular flexibility index (Phi) is 3.46. The van der Waals surface area contributed by atoms with E-state index in [1.54, 1.807) is 19.1 Å². The molecule has 0 saturated carbocycles. The lowest BCUT2D eigenvalue weighted by molar-refractivity contribution is 0.0226. The van der Waals surface area contributed by atoms with Crippen LogP contribution in [0.3, 0.4) is 0 Å². The largest absolute Gasteiger partial charge is 0.508 e. The zero-order valence-electron chi connectivity index (χ0n) is 8.01. The Morgan fingerprint density at radius 2 is 2.00 bits per heavy atom. The van der Waals surface area contributed by atoms with Crippen LogP contribution in [0.15, 0.2) is 18.2 Å². The van der Waals surface area contributed by atoms with Gasteiger partial charge in [-0.15, -0.1) is 0 Å². The highest BCUT2D eigenvalue weighted by molar-refractivity contribution is 5.40. The predicted molar refractivity (Wildman–Crippen MR) is 52.9 cm³/mol. The van der Waals surface area contributed by atoms with Gasteiger partial charge >= 0.3 is 0 Å². The fourth-order valence-corrected chi connectivity index (χ4v) is 1.37. The van der Waals surface area contributed by atoms with Gasteiger partial charge < -0.3 is 21.1 Å². The van der Waals surface area contributed by atoms with Crippen LogP contribution < -0.4 is 5.73 Å². The molecule has 0 bridgehead atoms. The molecular weight excluding hydrogens is 182 g/mol. The Balaban J connectivity index is 3.05. The van der Waals surface area contributed by atoms with Gasteiger partial charge in [-0.1, -0.05) is 12.1 Å². The molecule has 2 unspecified atom stereocenters. The molecule has 4 nitrogen and oxygen atoms in total. The van der Waals surface area contributed by atoms with Crippen molar-refractivity contribution >= 4 is 0 Å². The third-order valence-corrected chi connectivity index (χ3v) is 2.20. The molecule has 78 valence electrons. The first kappa shape index (κ1) is 11.0. The molecule has 14 heavy (non-hydrogen) atoms. The number of nitrogens with two attached hydrogens (primary N) is 1. The van der Waals surface area contributed by atoms with Crippen LogP contribution in [0.2, 0.25) is 0 Å². The summed E-state index contributed by atoms with van der Waals surface area (Å²) in [6.07, 6.45) is -2.19. The third kappa shape index (κ3) is 2.04. The molecule has 1 aromatic carbocycles. The summed E-state index contributed by atoms with van der Waals surface area (Å²) in [5.41, 5.74) is 6.28. The first-order valence-corrected chi connectivity index (χ1v) is 4.42. The van der Waals surface area contributed by atoms with Crippen LogP contribution in [-0.2, 0) is 0 Å². The number of benzene rings is 1. The highest BCUT2D eigenvalue weighted by atomic mass is 16.3. The second kappa shape index (κ2) is 4.41. The van der Waals surface area contributed by atoms with Crippen molar-refractivity contribution < 1.29 is 15.3 Å². The molecule has 1 aromatic rings. The maximum atomic E-state index is 9.66. The molecule has 5 N–H and O–H groups in total. The number of aromatic hydroxyl groups is 1. The molecule has 0 aliphatic heterocycles. The smallest absolute Gasteiger partial charge is 0.121 e. The summed E-state index contributed by atoms with van der Waals surface area (Å²) in [7, 11) is 0. The summed E-state index contributed by atoms with van der Waals surface area (Å²) < 4.78 is 0. The maximum absolute atomic E-state index is 9.66. The van der Waals surface area contributed by atoms with Crippen molar-refractivity contribution in [2.24, 2.45) is 5.73 Å². The quantitative estimate of drug-likeness (QED) is 0.551. The predicted octanol–water partition coefficient (Wildman–Crippen LogP) is 0.0536. The number of aryl methyl sites for hydroxylation is 1. The van der Waals surface area contributed by atoms with Crippen LogP contribution >= 0.6 is 0 Å². The van der Waals surface area contributed by atoms with Gasteiger partial charge in [-0.3, -0.25) is 0 Å². The molecule has 2 atom stereocenters. The van der Waals surface area contributed by atoms with Crippen LogP contribution in [0.4, 0.5) is 0 Å². The van der Waals surface area contributed by atoms with Crippen LogP contribution in [-0.4, -0.2) is 28.0 Å². The molecule has 0 aromatic heterocycles. The van der Waals surface area contributed by atoms with Crippen LogP contribution in [0, 0.1) is 6.92 Å². The normalized spacial score (nSPS) is 15.1. The summed E-state index contributed by atoms with van der Waals surface area (Å²) in [5, 5.41) is 28.5. The summed E-state index contributed by atoms with van der Waals surface area (Å²) in [5.74, 6) is -0.0231. The van der Waals surface area contributed by atoms with Gasteiger partial charge in [0.1, 0.15) is 11.9 Å². The van der Waals surface area contributed by atoms with Gasteiger partial charge in [0.15, 0.2) is 0 Å². The molecule has 0 aliphatic carbocycles. The van der Waals surface area contributed by atoms with Gasteiger partial charge in [-0.05, 0) is 18.6 Å². The SMILES string of the molecule is Cc1cccc(O)c1C(O)C(O)CN. The van der Waals surface area contributed by atoms with E-state index in [0.29, 0.717) is 5.56 Å². The molecule has 0 radical (unpaired) electrons. The molecule has 0 saturated heterocycles. The second-order valence-corrected chi connectivity index (χ2v) is 3.26. The Morgan fingerprint density at radius 1 is 1.36 bits per heavy atom. The Morgan fingerprint density at radius 3 is 2.50 bits per heavy atom. The summed E-state index contributed by atoms with van der Waals surface area (Å²) in [6.45, 7) is 1.70. The Labute approximate surface area is 82.6 Å². The van der Waals surface area contributed by atoms with Crippen LogP contribution in [0.25, 0.3) is 0 Å². The van der Waals surface area contributed by atoms with Gasteiger partial charge in [0.05, 0.1) is 6.10 Å². The average molecular weight is 197 g/mol. The minimum atomic E-state index is -1.14. The molecule has 1 rings (SSSR count). The van der Waals surface area contributed by atoms with Crippen molar-refractivity contribution in [2.45, 2.75) is 19.1 Å². The molecule has 0 spiro atoms. The van der Waals surface area contributed by atoms with E-state index in [0.717, 1.165) is 5.56 Å². The Bertz CT molecular complexity index is 294. The number of aliphatic hydroxyl groups excluding tert-OH is 2. The Hall–Kier alpha value is -1.10. The zero-order chi connectivity index (χ0) is 10.7. The van der Waals surface area contributed by atoms with Crippen molar-refractivity contribution in [2.75, 3.05) is 6.54 Å². The van der Waals surface area contributed by atoms with Gasteiger partial charge in [0.2, 0.25) is 0 Å². The first-order valence-electron chi connectivity index (χ1n) is 4.42. The lowest BCUT2D eigenvalue weighted by Crippen LogP contribution is -2.27. The molecular formula is C10H15NO3. The molecule has 4 heteroatoms. The van der Waals surface area contributed by atoms with Crippen molar-refractivity contribution in [3.05, 3.63) is 29.3 Å². The van der Waals surface area contributed by atoms with E-state index in [2.05, 4.69) is 0 Å². The van der Waals surface area contributed by atoms with E-state index in [9.17, 15) is 15.3 Å². The highest BCUT2D eigenvalue weighted by Gasteiger charge is 2.21. The number of phenols is 1. The molecule has 0 fully saturated rings. The van der Waals surface area contributed by atoms with E-state index in [4.69, 9.17) is 5.73 Å². The molecule has 0 aliphatic rings.